The Hall–Kier alpha value is -4.81. The van der Waals surface area contributed by atoms with Gasteiger partial charge in [-0.15, -0.1) is 11.3 Å². The van der Waals surface area contributed by atoms with Gasteiger partial charge in [-0.25, -0.2) is 4.79 Å². The second kappa shape index (κ2) is 10.8. The number of thiophene rings is 1. The number of carbonyl (C=O) groups is 2. The number of aromatic carboxylic acids is 1. The maximum Gasteiger partial charge on any atom is 0.335 e. The molecule has 2 N–H and O–H groups in total. The second-order valence-corrected chi connectivity index (χ2v) is 10.8. The van der Waals surface area contributed by atoms with Gasteiger partial charge in [0, 0.05) is 27.2 Å². The molecule has 0 radical (unpaired) electrons. The van der Waals surface area contributed by atoms with E-state index in [-0.39, 0.29) is 17.5 Å². The van der Waals surface area contributed by atoms with Crippen LogP contribution in [0.15, 0.2) is 109 Å². The molecule has 0 aliphatic rings. The molecule has 1 amide bonds. The summed E-state index contributed by atoms with van der Waals surface area (Å²) in [7, 11) is 0. The molecule has 0 saturated carbocycles. The van der Waals surface area contributed by atoms with Crippen molar-refractivity contribution < 1.29 is 14.7 Å². The van der Waals surface area contributed by atoms with Crippen molar-refractivity contribution in [3.8, 4) is 11.1 Å². The lowest BCUT2D eigenvalue weighted by Crippen LogP contribution is -2.27. The largest absolute Gasteiger partial charge is 0.478 e. The molecule has 196 valence electrons. The van der Waals surface area contributed by atoms with Crippen molar-refractivity contribution in [2.24, 2.45) is 0 Å². The number of amides is 1. The van der Waals surface area contributed by atoms with Gasteiger partial charge in [0.2, 0.25) is 0 Å². The minimum Gasteiger partial charge on any atom is -0.478 e. The van der Waals surface area contributed by atoms with Crippen LogP contribution in [0.2, 0.25) is 0 Å². The molecule has 40 heavy (non-hydrogen) atoms. The third kappa shape index (κ3) is 5.09. The van der Waals surface area contributed by atoms with Crippen LogP contribution in [0.4, 0.5) is 0 Å². The summed E-state index contributed by atoms with van der Waals surface area (Å²) in [5.41, 5.74) is 6.94. The maximum atomic E-state index is 13.9. The highest BCUT2D eigenvalue weighted by Crippen LogP contribution is 2.36. The first-order valence-corrected chi connectivity index (χ1v) is 13.9. The molecule has 0 aliphatic heterocycles. The summed E-state index contributed by atoms with van der Waals surface area (Å²) in [6, 6.07) is 30.8. The zero-order valence-corrected chi connectivity index (χ0v) is 22.6. The average molecular weight is 543 g/mol. The summed E-state index contributed by atoms with van der Waals surface area (Å²) in [6.07, 6.45) is 2.49. The fourth-order valence-electron chi connectivity index (χ4n) is 5.07. The third-order valence-electron chi connectivity index (χ3n) is 7.17. The van der Waals surface area contributed by atoms with E-state index in [2.05, 4.69) is 39.9 Å². The van der Waals surface area contributed by atoms with Crippen molar-refractivity contribution in [2.75, 3.05) is 0 Å². The highest BCUT2D eigenvalue weighted by Gasteiger charge is 2.20. The van der Waals surface area contributed by atoms with Gasteiger partial charge in [-0.3, -0.25) is 9.78 Å². The van der Waals surface area contributed by atoms with Crippen LogP contribution in [0.3, 0.4) is 0 Å². The number of hydrogen-bond acceptors (Lipinski definition) is 4. The Morgan fingerprint density at radius 2 is 1.70 bits per heavy atom. The van der Waals surface area contributed by atoms with Crippen LogP contribution in [0, 0.1) is 0 Å². The average Bonchev–Trinajstić information content (AvgIpc) is 3.39. The first kappa shape index (κ1) is 25.5. The zero-order valence-electron chi connectivity index (χ0n) is 21.8. The van der Waals surface area contributed by atoms with E-state index in [0.29, 0.717) is 12.0 Å². The predicted octanol–water partition coefficient (Wildman–Crippen LogP) is 7.90. The summed E-state index contributed by atoms with van der Waals surface area (Å²) in [4.78, 5) is 29.5. The summed E-state index contributed by atoms with van der Waals surface area (Å²) in [6.45, 7) is 1.91. The number of benzene rings is 4. The lowest BCUT2D eigenvalue weighted by molar-refractivity contribution is 0.0696. The number of pyridine rings is 1. The zero-order chi connectivity index (χ0) is 27.6. The third-order valence-corrected chi connectivity index (χ3v) is 8.15. The molecule has 0 fully saturated rings. The molecule has 1 atom stereocenters. The van der Waals surface area contributed by atoms with Crippen molar-refractivity contribution in [1.29, 1.82) is 0 Å². The van der Waals surface area contributed by atoms with Crippen molar-refractivity contribution in [1.82, 2.24) is 10.3 Å². The summed E-state index contributed by atoms with van der Waals surface area (Å²) >= 11 is 1.65. The van der Waals surface area contributed by atoms with E-state index >= 15 is 0 Å². The molecule has 6 heteroatoms. The smallest absolute Gasteiger partial charge is 0.335 e. The van der Waals surface area contributed by atoms with Crippen LogP contribution in [-0.4, -0.2) is 22.0 Å². The minimum atomic E-state index is -0.976. The number of rotatable bonds is 7. The van der Waals surface area contributed by atoms with E-state index in [9.17, 15) is 14.7 Å². The number of nitrogens with one attached hydrogen (secondary N) is 1. The molecule has 0 aliphatic carbocycles. The fraction of sp³-hybridized carbons (Fsp3) is 0.0882. The molecule has 2 heterocycles. The quantitative estimate of drug-likeness (QED) is 0.215. The predicted molar refractivity (Wildman–Crippen MR) is 161 cm³/mol. The first-order valence-electron chi connectivity index (χ1n) is 13.0. The van der Waals surface area contributed by atoms with Crippen molar-refractivity contribution in [2.45, 2.75) is 19.4 Å². The molecule has 0 saturated heterocycles. The highest BCUT2D eigenvalue weighted by molar-refractivity contribution is 7.17. The molecule has 2 aromatic heterocycles. The number of fused-ring (bicyclic) bond motifs is 2. The van der Waals surface area contributed by atoms with Gasteiger partial charge in [-0.1, -0.05) is 54.6 Å². The van der Waals surface area contributed by atoms with Gasteiger partial charge < -0.3 is 10.4 Å². The van der Waals surface area contributed by atoms with E-state index in [4.69, 9.17) is 0 Å². The molecule has 6 aromatic rings. The number of carbonyl (C=O) groups excluding carboxylic acids is 1. The molecule has 0 unspecified atom stereocenters. The van der Waals surface area contributed by atoms with Crippen LogP contribution < -0.4 is 5.32 Å². The Labute approximate surface area is 235 Å². The molecule has 0 spiro atoms. The summed E-state index contributed by atoms with van der Waals surface area (Å²) in [5.74, 6) is -1.14. The topological polar surface area (TPSA) is 79.3 Å². The fourth-order valence-corrected chi connectivity index (χ4v) is 6.09. The van der Waals surface area contributed by atoms with E-state index in [1.165, 1.54) is 0 Å². The van der Waals surface area contributed by atoms with Gasteiger partial charge in [-0.2, -0.15) is 0 Å². The van der Waals surface area contributed by atoms with Crippen LogP contribution in [0.1, 0.15) is 50.4 Å². The SMILES string of the molecule is C[C@H](NC(=O)c1cc(-c2ccccc2)cc2scc(Cc3ccc4ncccc4c3)c12)c1ccc(C(=O)O)cc1. The Kier molecular flexibility index (Phi) is 6.84. The van der Waals surface area contributed by atoms with Crippen molar-refractivity contribution in [3.05, 3.63) is 136 Å². The Morgan fingerprint density at radius 3 is 2.48 bits per heavy atom. The number of hydrogen-bond donors (Lipinski definition) is 2. The summed E-state index contributed by atoms with van der Waals surface area (Å²) in [5, 5.41) is 16.6. The van der Waals surface area contributed by atoms with Crippen molar-refractivity contribution in [3.63, 3.8) is 0 Å². The van der Waals surface area contributed by atoms with E-state index in [0.717, 1.165) is 48.8 Å². The van der Waals surface area contributed by atoms with Crippen LogP contribution >= 0.6 is 11.3 Å². The van der Waals surface area contributed by atoms with Crippen LogP contribution in [-0.2, 0) is 6.42 Å². The van der Waals surface area contributed by atoms with Crippen LogP contribution in [0.25, 0.3) is 32.1 Å². The first-order chi connectivity index (χ1) is 19.5. The van der Waals surface area contributed by atoms with Crippen molar-refractivity contribution >= 4 is 44.2 Å². The van der Waals surface area contributed by atoms with Gasteiger partial charge >= 0.3 is 5.97 Å². The molecular formula is C34H26N2O3S. The standard InChI is InChI=1S/C34H26N2O3S/c1-21(23-10-12-25(13-11-23)34(38)39)36-33(37)29-18-27(24-6-3-2-4-7-24)19-31-32(29)28(20-40-31)17-22-9-14-30-26(16-22)8-5-15-35-30/h2-16,18-21H,17H2,1H3,(H,36,37)(H,38,39)/t21-/m0/s1. The molecule has 5 nitrogen and oxygen atoms in total. The Morgan fingerprint density at radius 1 is 0.900 bits per heavy atom. The second-order valence-electron chi connectivity index (χ2n) is 9.85. The van der Waals surface area contributed by atoms with Gasteiger partial charge in [0.1, 0.15) is 0 Å². The van der Waals surface area contributed by atoms with Gasteiger partial charge in [0.15, 0.2) is 0 Å². The molecule has 4 aromatic carbocycles. The van der Waals surface area contributed by atoms with Gasteiger partial charge in [-0.05, 0) is 89.0 Å². The normalized spacial score (nSPS) is 11.9. The van der Waals surface area contributed by atoms with E-state index < -0.39 is 5.97 Å². The van der Waals surface area contributed by atoms with E-state index in [1.54, 1.807) is 41.8 Å². The number of aromatic nitrogens is 1. The van der Waals surface area contributed by atoms with E-state index in [1.807, 2.05) is 55.5 Å². The van der Waals surface area contributed by atoms with Crippen LogP contribution in [0.5, 0.6) is 0 Å². The molecular weight excluding hydrogens is 516 g/mol. The number of carboxylic acid groups (broad SMARTS) is 1. The lowest BCUT2D eigenvalue weighted by Gasteiger charge is -2.17. The Balaban J connectivity index is 1.39. The number of carboxylic acids is 1. The van der Waals surface area contributed by atoms with Gasteiger partial charge in [0.05, 0.1) is 17.1 Å². The highest BCUT2D eigenvalue weighted by atomic mass is 32.1. The lowest BCUT2D eigenvalue weighted by atomic mass is 9.95. The molecule has 0 bridgehead atoms. The maximum absolute atomic E-state index is 13.9. The monoisotopic (exact) mass is 542 g/mol. The number of nitrogens with zero attached hydrogens (tertiary/aromatic N) is 1. The minimum absolute atomic E-state index is 0.167. The Bertz CT molecular complexity index is 1860. The molecule has 6 rings (SSSR count). The van der Waals surface area contributed by atoms with Gasteiger partial charge in [0.25, 0.3) is 5.91 Å². The summed E-state index contributed by atoms with van der Waals surface area (Å²) < 4.78 is 1.06.